The quantitative estimate of drug-likeness (QED) is 0.529. The number of hydrogen-bond donors (Lipinski definition) is 0. The molecule has 0 aromatic rings. The van der Waals surface area contributed by atoms with Crippen LogP contribution >= 0.6 is 0 Å². The Bertz CT molecular complexity index is 238. The molecule has 15 heavy (non-hydrogen) atoms. The summed E-state index contributed by atoms with van der Waals surface area (Å²) in [5.74, 6) is -0.504. The SMILES string of the molecule is C=CC(=O)ON(CC(C)C)C(=O)OCC. The number of hydrogen-bond acceptors (Lipinski definition) is 4. The summed E-state index contributed by atoms with van der Waals surface area (Å²) in [5.41, 5.74) is 0. The zero-order chi connectivity index (χ0) is 11.8. The van der Waals surface area contributed by atoms with Crippen LogP contribution in [0.4, 0.5) is 4.79 Å². The van der Waals surface area contributed by atoms with Crippen molar-refractivity contribution in [3.63, 3.8) is 0 Å². The highest BCUT2D eigenvalue weighted by Gasteiger charge is 2.19. The van der Waals surface area contributed by atoms with Gasteiger partial charge in [0.05, 0.1) is 13.2 Å². The van der Waals surface area contributed by atoms with Crippen molar-refractivity contribution in [3.8, 4) is 0 Å². The Hall–Kier alpha value is -1.52. The Morgan fingerprint density at radius 2 is 2.07 bits per heavy atom. The van der Waals surface area contributed by atoms with Crippen LogP contribution in [0.3, 0.4) is 0 Å². The maximum atomic E-state index is 11.3. The van der Waals surface area contributed by atoms with Gasteiger partial charge in [0.15, 0.2) is 0 Å². The number of carbonyl (C=O) groups is 2. The summed E-state index contributed by atoms with van der Waals surface area (Å²) >= 11 is 0. The molecular weight excluding hydrogens is 198 g/mol. The van der Waals surface area contributed by atoms with Crippen molar-refractivity contribution in [2.45, 2.75) is 20.8 Å². The third kappa shape index (κ3) is 5.72. The molecular formula is C10H17NO4. The lowest BCUT2D eigenvalue weighted by molar-refractivity contribution is -0.176. The molecule has 0 radical (unpaired) electrons. The predicted octanol–water partition coefficient (Wildman–Crippen LogP) is 1.75. The van der Waals surface area contributed by atoms with Gasteiger partial charge in [0.1, 0.15) is 0 Å². The van der Waals surface area contributed by atoms with Crippen molar-refractivity contribution in [3.05, 3.63) is 12.7 Å². The van der Waals surface area contributed by atoms with Crippen molar-refractivity contribution < 1.29 is 19.2 Å². The molecule has 5 nitrogen and oxygen atoms in total. The molecule has 0 heterocycles. The largest absolute Gasteiger partial charge is 0.448 e. The van der Waals surface area contributed by atoms with Crippen molar-refractivity contribution >= 4 is 12.1 Å². The van der Waals surface area contributed by atoms with Crippen molar-refractivity contribution in [2.75, 3.05) is 13.2 Å². The molecule has 0 N–H and O–H groups in total. The van der Waals surface area contributed by atoms with E-state index in [1.165, 1.54) is 0 Å². The lowest BCUT2D eigenvalue weighted by atomic mass is 10.2. The zero-order valence-electron chi connectivity index (χ0n) is 9.36. The molecule has 0 atom stereocenters. The summed E-state index contributed by atoms with van der Waals surface area (Å²) < 4.78 is 4.73. The first-order valence-corrected chi connectivity index (χ1v) is 4.79. The summed E-state index contributed by atoms with van der Waals surface area (Å²) in [6.45, 7) is 9.25. The summed E-state index contributed by atoms with van der Waals surface area (Å²) in [5, 5.41) is 0.901. The molecule has 0 unspecified atom stereocenters. The second kappa shape index (κ2) is 6.86. The van der Waals surface area contributed by atoms with Gasteiger partial charge in [-0.1, -0.05) is 20.4 Å². The average molecular weight is 215 g/mol. The summed E-state index contributed by atoms with van der Waals surface area (Å²) in [7, 11) is 0. The molecule has 0 rings (SSSR count). The topological polar surface area (TPSA) is 55.8 Å². The predicted molar refractivity (Wildman–Crippen MR) is 54.9 cm³/mol. The van der Waals surface area contributed by atoms with E-state index in [9.17, 15) is 9.59 Å². The molecule has 0 aromatic heterocycles. The van der Waals surface area contributed by atoms with Gasteiger partial charge in [-0.2, -0.15) is 0 Å². The maximum Gasteiger partial charge on any atom is 0.443 e. The molecule has 0 fully saturated rings. The van der Waals surface area contributed by atoms with Gasteiger partial charge >= 0.3 is 12.1 Å². The number of ether oxygens (including phenoxy) is 1. The first-order chi connectivity index (χ1) is 7.01. The minimum atomic E-state index is -0.677. The lowest BCUT2D eigenvalue weighted by Gasteiger charge is -2.21. The van der Waals surface area contributed by atoms with E-state index < -0.39 is 12.1 Å². The average Bonchev–Trinajstić information content (AvgIpc) is 2.16. The molecule has 0 aliphatic rings. The van der Waals surface area contributed by atoms with Crippen molar-refractivity contribution in [1.29, 1.82) is 0 Å². The van der Waals surface area contributed by atoms with Crippen LogP contribution in [-0.4, -0.2) is 30.3 Å². The monoisotopic (exact) mass is 215 g/mol. The van der Waals surface area contributed by atoms with Gasteiger partial charge < -0.3 is 9.57 Å². The van der Waals surface area contributed by atoms with Gasteiger partial charge in [-0.15, -0.1) is 5.06 Å². The molecule has 0 spiro atoms. The Balaban J connectivity index is 4.35. The number of rotatable bonds is 4. The number of hydroxylamine groups is 2. The summed E-state index contributed by atoms with van der Waals surface area (Å²) in [6, 6.07) is 0. The van der Waals surface area contributed by atoms with Gasteiger partial charge in [0, 0.05) is 6.08 Å². The number of carbonyl (C=O) groups excluding carboxylic acids is 2. The molecule has 0 saturated heterocycles. The van der Waals surface area contributed by atoms with Crippen LogP contribution in [0.5, 0.6) is 0 Å². The smallest absolute Gasteiger partial charge is 0.443 e. The third-order valence-electron chi connectivity index (χ3n) is 1.37. The Morgan fingerprint density at radius 1 is 1.47 bits per heavy atom. The Labute approximate surface area is 89.6 Å². The first kappa shape index (κ1) is 13.5. The van der Waals surface area contributed by atoms with E-state index in [4.69, 9.17) is 9.57 Å². The molecule has 0 aliphatic carbocycles. The third-order valence-corrected chi connectivity index (χ3v) is 1.37. The van der Waals surface area contributed by atoms with E-state index in [0.717, 1.165) is 11.1 Å². The standard InChI is InChI=1S/C10H17NO4/c1-5-9(12)15-11(7-8(3)4)10(13)14-6-2/h5,8H,1,6-7H2,2-4H3. The van der Waals surface area contributed by atoms with E-state index >= 15 is 0 Å². The molecule has 0 bridgehead atoms. The molecule has 1 amide bonds. The Kier molecular flexibility index (Phi) is 6.17. The van der Waals surface area contributed by atoms with Crippen LogP contribution in [0, 0.1) is 5.92 Å². The fourth-order valence-corrected chi connectivity index (χ4v) is 0.822. The summed E-state index contributed by atoms with van der Waals surface area (Å²) in [6.07, 6.45) is 0.327. The fourth-order valence-electron chi connectivity index (χ4n) is 0.822. The minimum Gasteiger partial charge on any atom is -0.448 e. The summed E-state index contributed by atoms with van der Waals surface area (Å²) in [4.78, 5) is 27.0. The number of nitrogens with zero attached hydrogens (tertiary/aromatic N) is 1. The van der Waals surface area contributed by atoms with Gasteiger partial charge in [-0.3, -0.25) is 0 Å². The molecule has 0 saturated carbocycles. The minimum absolute atomic E-state index is 0.173. The first-order valence-electron chi connectivity index (χ1n) is 4.79. The van der Waals surface area contributed by atoms with Crippen LogP contribution in [0.15, 0.2) is 12.7 Å². The van der Waals surface area contributed by atoms with Crippen LogP contribution in [-0.2, 0) is 14.4 Å². The highest BCUT2D eigenvalue weighted by Crippen LogP contribution is 2.03. The van der Waals surface area contributed by atoms with Gasteiger partial charge in [-0.25, -0.2) is 9.59 Å². The lowest BCUT2D eigenvalue weighted by Crippen LogP contribution is -2.36. The van der Waals surface area contributed by atoms with E-state index in [-0.39, 0.29) is 12.5 Å². The van der Waals surface area contributed by atoms with E-state index in [1.807, 2.05) is 13.8 Å². The van der Waals surface area contributed by atoms with Crippen molar-refractivity contribution in [2.24, 2.45) is 5.92 Å². The highest BCUT2D eigenvalue weighted by atomic mass is 16.7. The number of amides is 1. The van der Waals surface area contributed by atoms with E-state index in [1.54, 1.807) is 6.92 Å². The normalized spacial score (nSPS) is 9.60. The van der Waals surface area contributed by atoms with Crippen molar-refractivity contribution in [1.82, 2.24) is 5.06 Å². The van der Waals surface area contributed by atoms with E-state index in [0.29, 0.717) is 6.54 Å². The molecule has 5 heteroatoms. The second-order valence-corrected chi connectivity index (χ2v) is 3.27. The zero-order valence-corrected chi connectivity index (χ0v) is 9.36. The molecule has 0 aliphatic heterocycles. The second-order valence-electron chi connectivity index (χ2n) is 3.27. The van der Waals surface area contributed by atoms with Crippen LogP contribution in [0.2, 0.25) is 0 Å². The van der Waals surface area contributed by atoms with Gasteiger partial charge in [0.25, 0.3) is 0 Å². The fraction of sp³-hybridized carbons (Fsp3) is 0.600. The Morgan fingerprint density at radius 3 is 2.47 bits per heavy atom. The van der Waals surface area contributed by atoms with Crippen LogP contribution < -0.4 is 0 Å². The highest BCUT2D eigenvalue weighted by molar-refractivity contribution is 5.82. The molecule has 0 aromatic carbocycles. The van der Waals surface area contributed by atoms with Gasteiger partial charge in [-0.05, 0) is 12.8 Å². The van der Waals surface area contributed by atoms with Crippen LogP contribution in [0.1, 0.15) is 20.8 Å². The maximum absolute atomic E-state index is 11.3. The van der Waals surface area contributed by atoms with Crippen LogP contribution in [0.25, 0.3) is 0 Å². The molecule has 86 valence electrons. The van der Waals surface area contributed by atoms with E-state index in [2.05, 4.69) is 6.58 Å². The van der Waals surface area contributed by atoms with Gasteiger partial charge in [0.2, 0.25) is 0 Å².